The molecule has 0 amide bonds. The lowest BCUT2D eigenvalue weighted by Gasteiger charge is -2.12. The average molecular weight is 308 g/mol. The van der Waals surface area contributed by atoms with Crippen molar-refractivity contribution >= 4 is 23.1 Å². The molecular weight excluding hydrogens is 297 g/mol. The van der Waals surface area contributed by atoms with Gasteiger partial charge in [-0.05, 0) is 12.1 Å². The molecule has 0 spiro atoms. The van der Waals surface area contributed by atoms with Gasteiger partial charge in [0.05, 0.1) is 11.7 Å². The van der Waals surface area contributed by atoms with Crippen LogP contribution < -0.4 is 10.6 Å². The number of nitrogens with one attached hydrogen (secondary N) is 2. The summed E-state index contributed by atoms with van der Waals surface area (Å²) in [5, 5.41) is 5.32. The minimum Gasteiger partial charge on any atom is -0.372 e. The minimum absolute atomic E-state index is 0.0640. The number of nitrogens with zero attached hydrogens (tertiary/aromatic N) is 4. The molecule has 0 fully saturated rings. The molecule has 3 aromatic heterocycles. The van der Waals surface area contributed by atoms with E-state index in [0.717, 1.165) is 11.7 Å². The molecule has 0 radical (unpaired) electrons. The smallest absolute Gasteiger partial charge is 0.372 e. The number of halogens is 3. The summed E-state index contributed by atoms with van der Waals surface area (Å²) >= 11 is 0. The number of anilines is 3. The van der Waals surface area contributed by atoms with E-state index in [1.54, 1.807) is 29.1 Å². The molecule has 0 saturated heterocycles. The van der Waals surface area contributed by atoms with Gasteiger partial charge in [0.1, 0.15) is 17.2 Å². The highest BCUT2D eigenvalue weighted by molar-refractivity contribution is 5.61. The molecule has 0 saturated carbocycles. The number of aromatic nitrogens is 4. The molecule has 0 bridgehead atoms. The fourth-order valence-electron chi connectivity index (χ4n) is 2.02. The first-order chi connectivity index (χ1) is 10.5. The third-order valence-corrected chi connectivity index (χ3v) is 3.03. The van der Waals surface area contributed by atoms with Crippen LogP contribution in [0.4, 0.5) is 30.8 Å². The van der Waals surface area contributed by atoms with Crippen molar-refractivity contribution in [2.45, 2.75) is 6.18 Å². The van der Waals surface area contributed by atoms with Crippen LogP contribution in [0.3, 0.4) is 0 Å². The van der Waals surface area contributed by atoms with Crippen LogP contribution in [0, 0.1) is 0 Å². The Morgan fingerprint density at radius 1 is 1.18 bits per heavy atom. The van der Waals surface area contributed by atoms with E-state index >= 15 is 0 Å². The number of hydrogen-bond acceptors (Lipinski definition) is 5. The highest BCUT2D eigenvalue weighted by Gasteiger charge is 2.35. The largest absolute Gasteiger partial charge is 0.421 e. The van der Waals surface area contributed by atoms with E-state index in [2.05, 4.69) is 25.6 Å². The summed E-state index contributed by atoms with van der Waals surface area (Å²) in [6.07, 6.45) is 1.23. The second-order valence-electron chi connectivity index (χ2n) is 4.42. The molecule has 0 aromatic carbocycles. The molecule has 3 rings (SSSR count). The van der Waals surface area contributed by atoms with Crippen LogP contribution in [0.5, 0.6) is 0 Å². The zero-order valence-electron chi connectivity index (χ0n) is 11.4. The monoisotopic (exact) mass is 308 g/mol. The van der Waals surface area contributed by atoms with Crippen LogP contribution in [0.1, 0.15) is 5.56 Å². The van der Waals surface area contributed by atoms with Gasteiger partial charge >= 0.3 is 6.18 Å². The van der Waals surface area contributed by atoms with E-state index in [9.17, 15) is 13.2 Å². The first kappa shape index (κ1) is 14.1. The predicted octanol–water partition coefficient (Wildman–Crippen LogP) is 2.93. The van der Waals surface area contributed by atoms with Crippen molar-refractivity contribution in [2.24, 2.45) is 0 Å². The van der Waals surface area contributed by atoms with Crippen molar-refractivity contribution in [1.29, 1.82) is 0 Å². The SMILES string of the molecule is CNc1nc(Nc2ccc3cnccn23)ncc1C(F)(F)F. The molecule has 0 aliphatic carbocycles. The molecule has 9 heteroatoms. The Labute approximate surface area is 123 Å². The van der Waals surface area contributed by atoms with Crippen molar-refractivity contribution < 1.29 is 13.2 Å². The van der Waals surface area contributed by atoms with Gasteiger partial charge in [-0.3, -0.25) is 4.98 Å². The van der Waals surface area contributed by atoms with E-state index in [1.807, 2.05) is 6.07 Å². The zero-order valence-corrected chi connectivity index (χ0v) is 11.4. The summed E-state index contributed by atoms with van der Waals surface area (Å²) in [6.45, 7) is 0. The van der Waals surface area contributed by atoms with Crippen LogP contribution in [-0.4, -0.2) is 26.4 Å². The van der Waals surface area contributed by atoms with Crippen molar-refractivity contribution in [3.05, 3.63) is 42.5 Å². The fraction of sp³-hybridized carbons (Fsp3) is 0.154. The van der Waals surface area contributed by atoms with E-state index in [4.69, 9.17) is 0 Å². The Bertz CT molecular complexity index is 811. The van der Waals surface area contributed by atoms with E-state index in [-0.39, 0.29) is 11.8 Å². The number of fused-ring (bicyclic) bond motifs is 1. The van der Waals surface area contributed by atoms with Crippen molar-refractivity contribution in [3.8, 4) is 0 Å². The maximum atomic E-state index is 12.8. The van der Waals surface area contributed by atoms with Gasteiger partial charge in [-0.15, -0.1) is 0 Å². The fourth-order valence-corrected chi connectivity index (χ4v) is 2.02. The Kier molecular flexibility index (Phi) is 3.32. The third kappa shape index (κ3) is 2.52. The Balaban J connectivity index is 1.96. The van der Waals surface area contributed by atoms with Gasteiger partial charge in [-0.1, -0.05) is 0 Å². The summed E-state index contributed by atoms with van der Waals surface area (Å²) < 4.78 is 40.2. The van der Waals surface area contributed by atoms with Crippen LogP contribution >= 0.6 is 0 Å². The third-order valence-electron chi connectivity index (χ3n) is 3.03. The second kappa shape index (κ2) is 5.17. The zero-order chi connectivity index (χ0) is 15.7. The van der Waals surface area contributed by atoms with Crippen molar-refractivity contribution in [2.75, 3.05) is 17.7 Å². The molecule has 0 atom stereocenters. The van der Waals surface area contributed by atoms with Crippen molar-refractivity contribution in [3.63, 3.8) is 0 Å². The summed E-state index contributed by atoms with van der Waals surface area (Å²) in [4.78, 5) is 11.6. The molecule has 3 aromatic rings. The molecule has 0 aliphatic rings. The highest BCUT2D eigenvalue weighted by atomic mass is 19.4. The lowest BCUT2D eigenvalue weighted by molar-refractivity contribution is -0.137. The Morgan fingerprint density at radius 3 is 2.73 bits per heavy atom. The molecule has 3 heterocycles. The lowest BCUT2D eigenvalue weighted by Crippen LogP contribution is -2.12. The van der Waals surface area contributed by atoms with Gasteiger partial charge in [-0.25, -0.2) is 4.98 Å². The lowest BCUT2D eigenvalue weighted by atomic mass is 10.3. The van der Waals surface area contributed by atoms with E-state index < -0.39 is 11.7 Å². The van der Waals surface area contributed by atoms with Crippen LogP contribution in [-0.2, 0) is 6.18 Å². The average Bonchev–Trinajstić information content (AvgIpc) is 2.89. The van der Waals surface area contributed by atoms with E-state index in [1.165, 1.54) is 7.05 Å². The molecule has 6 nitrogen and oxygen atoms in total. The van der Waals surface area contributed by atoms with Gasteiger partial charge < -0.3 is 15.0 Å². The van der Waals surface area contributed by atoms with Gasteiger partial charge in [-0.2, -0.15) is 18.2 Å². The summed E-state index contributed by atoms with van der Waals surface area (Å²) in [5.41, 5.74) is -0.0736. The van der Waals surface area contributed by atoms with Gasteiger partial charge in [0.15, 0.2) is 0 Å². The number of alkyl halides is 3. The summed E-state index contributed by atoms with van der Waals surface area (Å²) in [6, 6.07) is 3.58. The Morgan fingerprint density at radius 2 is 2.00 bits per heavy atom. The van der Waals surface area contributed by atoms with Gasteiger partial charge in [0.2, 0.25) is 5.95 Å². The second-order valence-corrected chi connectivity index (χ2v) is 4.42. The minimum atomic E-state index is -4.51. The predicted molar refractivity (Wildman–Crippen MR) is 75.1 cm³/mol. The van der Waals surface area contributed by atoms with E-state index in [0.29, 0.717) is 5.82 Å². The number of hydrogen-bond donors (Lipinski definition) is 2. The molecule has 2 N–H and O–H groups in total. The van der Waals surface area contributed by atoms with Gasteiger partial charge in [0.25, 0.3) is 0 Å². The first-order valence-corrected chi connectivity index (χ1v) is 6.29. The number of rotatable bonds is 3. The molecule has 22 heavy (non-hydrogen) atoms. The standard InChI is InChI=1S/C13H11F3N6/c1-17-11-9(13(14,15)16)7-19-12(21-11)20-10-3-2-8-6-18-4-5-22(8)10/h2-7H,1H3,(H2,17,19,20,21). The molecular formula is C13H11F3N6. The van der Waals surface area contributed by atoms with Crippen molar-refractivity contribution in [1.82, 2.24) is 19.4 Å². The first-order valence-electron chi connectivity index (χ1n) is 6.29. The molecule has 0 unspecified atom stereocenters. The quantitative estimate of drug-likeness (QED) is 0.778. The topological polar surface area (TPSA) is 67.1 Å². The van der Waals surface area contributed by atoms with Crippen LogP contribution in [0.15, 0.2) is 36.9 Å². The maximum Gasteiger partial charge on any atom is 0.421 e. The molecule has 114 valence electrons. The molecule has 0 aliphatic heterocycles. The summed E-state index contributed by atoms with van der Waals surface area (Å²) in [5.74, 6) is 0.404. The highest BCUT2D eigenvalue weighted by Crippen LogP contribution is 2.33. The summed E-state index contributed by atoms with van der Waals surface area (Å²) in [7, 11) is 1.37. The van der Waals surface area contributed by atoms with Crippen LogP contribution in [0.25, 0.3) is 5.52 Å². The van der Waals surface area contributed by atoms with Crippen LogP contribution in [0.2, 0.25) is 0 Å². The van der Waals surface area contributed by atoms with Gasteiger partial charge in [0, 0.05) is 25.6 Å². The Hall–Kier alpha value is -2.84. The maximum absolute atomic E-state index is 12.8. The normalized spacial score (nSPS) is 11.6.